The molecule has 7 heteroatoms. The van der Waals surface area contributed by atoms with Crippen molar-refractivity contribution in [1.29, 1.82) is 0 Å². The molecule has 1 aromatic carbocycles. The highest BCUT2D eigenvalue weighted by Crippen LogP contribution is 2.26. The fourth-order valence-electron chi connectivity index (χ4n) is 2.37. The molecule has 2 heterocycles. The summed E-state index contributed by atoms with van der Waals surface area (Å²) >= 11 is 0. The van der Waals surface area contributed by atoms with E-state index in [4.69, 9.17) is 5.11 Å². The molecule has 3 N–H and O–H groups in total. The average molecular weight is 275 g/mol. The van der Waals surface area contributed by atoms with Gasteiger partial charge in [-0.25, -0.2) is 14.8 Å². The zero-order chi connectivity index (χ0) is 14.3. The molecular formula is C13H13N3O4. The molecule has 0 radical (unpaired) electrons. The van der Waals surface area contributed by atoms with Crippen molar-refractivity contribution in [2.24, 2.45) is 0 Å². The van der Waals surface area contributed by atoms with Gasteiger partial charge in [-0.15, -0.1) is 0 Å². The lowest BCUT2D eigenvalue weighted by Crippen LogP contribution is -2.22. The molecule has 2 aromatic rings. The van der Waals surface area contributed by atoms with E-state index in [-0.39, 0.29) is 18.7 Å². The van der Waals surface area contributed by atoms with E-state index in [9.17, 15) is 15.0 Å². The van der Waals surface area contributed by atoms with E-state index in [2.05, 4.69) is 9.97 Å². The van der Waals surface area contributed by atoms with E-state index in [0.717, 1.165) is 0 Å². The van der Waals surface area contributed by atoms with Crippen LogP contribution in [0.5, 0.6) is 0 Å². The molecule has 1 fully saturated rings. The van der Waals surface area contributed by atoms with Crippen molar-refractivity contribution in [3.63, 3.8) is 0 Å². The number of carbonyl (C=O) groups is 1. The van der Waals surface area contributed by atoms with Crippen molar-refractivity contribution in [3.8, 4) is 0 Å². The van der Waals surface area contributed by atoms with Gasteiger partial charge >= 0.3 is 5.97 Å². The van der Waals surface area contributed by atoms with Crippen LogP contribution >= 0.6 is 0 Å². The van der Waals surface area contributed by atoms with E-state index in [0.29, 0.717) is 16.7 Å². The monoisotopic (exact) mass is 275 g/mol. The molecule has 2 atom stereocenters. The number of anilines is 1. The van der Waals surface area contributed by atoms with Gasteiger partial charge in [0.2, 0.25) is 0 Å². The number of hydrogen-bond acceptors (Lipinski definition) is 6. The molecule has 0 aliphatic carbocycles. The number of benzene rings is 1. The normalized spacial score (nSPS) is 22.4. The molecule has 1 aliphatic heterocycles. The smallest absolute Gasteiger partial charge is 0.335 e. The predicted octanol–water partition coefficient (Wildman–Crippen LogP) is -0.130. The Bertz CT molecular complexity index is 666. The molecule has 104 valence electrons. The number of aliphatic hydroxyl groups is 2. The summed E-state index contributed by atoms with van der Waals surface area (Å²) in [6, 6.07) is 4.61. The first-order valence-electron chi connectivity index (χ1n) is 6.15. The number of aromatic carboxylic acids is 1. The van der Waals surface area contributed by atoms with E-state index < -0.39 is 18.2 Å². The molecule has 0 bridgehead atoms. The highest BCUT2D eigenvalue weighted by atomic mass is 16.4. The Morgan fingerprint density at radius 1 is 1.20 bits per heavy atom. The van der Waals surface area contributed by atoms with Crippen molar-refractivity contribution in [2.45, 2.75) is 12.2 Å². The zero-order valence-corrected chi connectivity index (χ0v) is 10.5. The van der Waals surface area contributed by atoms with Gasteiger partial charge in [-0.1, -0.05) is 0 Å². The van der Waals surface area contributed by atoms with E-state index in [1.165, 1.54) is 18.5 Å². The lowest BCUT2D eigenvalue weighted by molar-refractivity contribution is 0.0572. The molecule has 2 unspecified atom stereocenters. The number of carboxylic acids is 1. The number of rotatable bonds is 2. The van der Waals surface area contributed by atoms with Gasteiger partial charge in [0.15, 0.2) is 0 Å². The Labute approximate surface area is 114 Å². The van der Waals surface area contributed by atoms with Gasteiger partial charge in [-0.05, 0) is 18.2 Å². The largest absolute Gasteiger partial charge is 0.478 e. The van der Waals surface area contributed by atoms with Crippen LogP contribution in [0, 0.1) is 0 Å². The minimum Gasteiger partial charge on any atom is -0.478 e. The first kappa shape index (κ1) is 12.8. The van der Waals surface area contributed by atoms with Crippen LogP contribution in [0.1, 0.15) is 10.4 Å². The second kappa shape index (κ2) is 4.69. The van der Waals surface area contributed by atoms with Crippen LogP contribution in [0.3, 0.4) is 0 Å². The minimum atomic E-state index is -1.01. The van der Waals surface area contributed by atoms with Gasteiger partial charge in [0, 0.05) is 18.5 Å². The van der Waals surface area contributed by atoms with Crippen molar-refractivity contribution >= 4 is 22.7 Å². The second-order valence-electron chi connectivity index (χ2n) is 4.77. The maximum absolute atomic E-state index is 11.0. The summed E-state index contributed by atoms with van der Waals surface area (Å²) in [7, 11) is 0. The van der Waals surface area contributed by atoms with Crippen LogP contribution in [0.4, 0.5) is 5.82 Å². The standard InChI is InChI=1S/C13H13N3O4/c17-10-4-16(5-11(10)18)12-8-2-1-7(13(19)20)3-9(8)14-6-15-12/h1-3,6,10-11,17-18H,4-5H2,(H,19,20). The fourth-order valence-corrected chi connectivity index (χ4v) is 2.37. The summed E-state index contributed by atoms with van der Waals surface area (Å²) in [4.78, 5) is 21.0. The molecule has 0 spiro atoms. The SMILES string of the molecule is O=C(O)c1ccc2c(N3CC(O)C(O)C3)ncnc2c1. The van der Waals surface area contributed by atoms with Crippen molar-refractivity contribution in [3.05, 3.63) is 30.1 Å². The highest BCUT2D eigenvalue weighted by Gasteiger charge is 2.31. The first-order chi connectivity index (χ1) is 9.56. The fraction of sp³-hybridized carbons (Fsp3) is 0.308. The molecule has 1 aliphatic rings. The number of carboxylic acid groups (broad SMARTS) is 1. The van der Waals surface area contributed by atoms with Crippen molar-refractivity contribution in [1.82, 2.24) is 9.97 Å². The number of β-amino-alcohol motifs (C(OH)–C–C–N with tert-alkyl or cyclic N) is 2. The summed E-state index contributed by atoms with van der Waals surface area (Å²) < 4.78 is 0. The number of aliphatic hydroxyl groups excluding tert-OH is 2. The Morgan fingerprint density at radius 2 is 1.90 bits per heavy atom. The Kier molecular flexibility index (Phi) is 3.00. The lowest BCUT2D eigenvalue weighted by Gasteiger charge is -2.18. The Morgan fingerprint density at radius 3 is 2.55 bits per heavy atom. The van der Waals surface area contributed by atoms with Crippen LogP contribution < -0.4 is 4.90 Å². The number of fused-ring (bicyclic) bond motifs is 1. The second-order valence-corrected chi connectivity index (χ2v) is 4.77. The van der Waals surface area contributed by atoms with Crippen LogP contribution in [-0.2, 0) is 0 Å². The minimum absolute atomic E-state index is 0.156. The molecule has 7 nitrogen and oxygen atoms in total. The predicted molar refractivity (Wildman–Crippen MR) is 70.7 cm³/mol. The van der Waals surface area contributed by atoms with Crippen LogP contribution in [0.2, 0.25) is 0 Å². The van der Waals surface area contributed by atoms with Gasteiger partial charge in [-0.2, -0.15) is 0 Å². The summed E-state index contributed by atoms with van der Waals surface area (Å²) in [6.45, 7) is 0.571. The topological polar surface area (TPSA) is 107 Å². The lowest BCUT2D eigenvalue weighted by atomic mass is 10.1. The molecule has 0 amide bonds. The van der Waals surface area contributed by atoms with Gasteiger partial charge in [0.05, 0.1) is 23.3 Å². The van der Waals surface area contributed by atoms with Crippen LogP contribution in [0.25, 0.3) is 10.9 Å². The molecule has 1 saturated heterocycles. The molecule has 0 saturated carbocycles. The third kappa shape index (κ3) is 2.06. The number of aromatic nitrogens is 2. The summed E-state index contributed by atoms with van der Waals surface area (Å²) in [5, 5.41) is 28.9. The Hall–Kier alpha value is -2.25. The number of nitrogens with zero attached hydrogens (tertiary/aromatic N) is 3. The zero-order valence-electron chi connectivity index (χ0n) is 10.5. The average Bonchev–Trinajstić information content (AvgIpc) is 2.77. The van der Waals surface area contributed by atoms with Gasteiger partial charge in [0.25, 0.3) is 0 Å². The summed E-state index contributed by atoms with van der Waals surface area (Å²) in [5.41, 5.74) is 0.675. The van der Waals surface area contributed by atoms with Gasteiger partial charge in [0.1, 0.15) is 12.1 Å². The maximum Gasteiger partial charge on any atom is 0.335 e. The van der Waals surface area contributed by atoms with E-state index in [1.807, 2.05) is 0 Å². The third-order valence-electron chi connectivity index (χ3n) is 3.42. The van der Waals surface area contributed by atoms with Crippen molar-refractivity contribution in [2.75, 3.05) is 18.0 Å². The molecular weight excluding hydrogens is 262 g/mol. The Balaban J connectivity index is 2.06. The van der Waals surface area contributed by atoms with Crippen LogP contribution in [0.15, 0.2) is 24.5 Å². The summed E-state index contributed by atoms with van der Waals surface area (Å²) in [5.74, 6) is -0.429. The van der Waals surface area contributed by atoms with E-state index >= 15 is 0 Å². The van der Waals surface area contributed by atoms with E-state index in [1.54, 1.807) is 11.0 Å². The first-order valence-corrected chi connectivity index (χ1v) is 6.15. The third-order valence-corrected chi connectivity index (χ3v) is 3.42. The number of hydrogen-bond donors (Lipinski definition) is 3. The molecule has 1 aromatic heterocycles. The van der Waals surface area contributed by atoms with Gasteiger partial charge in [-0.3, -0.25) is 0 Å². The molecule has 3 rings (SSSR count). The van der Waals surface area contributed by atoms with Crippen molar-refractivity contribution < 1.29 is 20.1 Å². The van der Waals surface area contributed by atoms with Gasteiger partial charge < -0.3 is 20.2 Å². The maximum atomic E-state index is 11.0. The van der Waals surface area contributed by atoms with Crippen LogP contribution in [-0.4, -0.2) is 56.6 Å². The highest BCUT2D eigenvalue weighted by molar-refractivity contribution is 5.96. The summed E-state index contributed by atoms with van der Waals surface area (Å²) in [6.07, 6.45) is -0.267. The molecule has 20 heavy (non-hydrogen) atoms. The quantitative estimate of drug-likeness (QED) is 0.700.